The monoisotopic (exact) mass is 253 g/mol. The summed E-state index contributed by atoms with van der Waals surface area (Å²) in [6.07, 6.45) is 4.01. The molecule has 1 saturated heterocycles. The molecule has 0 amide bonds. The molecule has 0 radical (unpaired) electrons. The van der Waals surface area contributed by atoms with E-state index in [1.165, 1.54) is 17.7 Å². The third-order valence-corrected chi connectivity index (χ3v) is 4.05. The van der Waals surface area contributed by atoms with Crippen LogP contribution in [0.5, 0.6) is 0 Å². The molecule has 18 heavy (non-hydrogen) atoms. The normalized spacial score (nSPS) is 27.9. The summed E-state index contributed by atoms with van der Waals surface area (Å²) in [7, 11) is 1.56. The number of hydrogen-bond donors (Lipinski definition) is 1. The highest BCUT2D eigenvalue weighted by atomic mass is 19.1. The summed E-state index contributed by atoms with van der Waals surface area (Å²) in [5.74, 6) is 0. The summed E-state index contributed by atoms with van der Waals surface area (Å²) in [6.45, 7) is 2.22. The number of ether oxygens (including phenoxy) is 1. The van der Waals surface area contributed by atoms with Gasteiger partial charge in [0.05, 0.1) is 12.3 Å². The van der Waals surface area contributed by atoms with Crippen molar-refractivity contribution in [3.8, 4) is 0 Å². The van der Waals surface area contributed by atoms with Crippen LogP contribution in [0.2, 0.25) is 0 Å². The lowest BCUT2D eigenvalue weighted by atomic mass is 10.1. The topological polar surface area (TPSA) is 41.1 Å². The fraction of sp³-hybridized carbons (Fsp3) is 0.769. The summed E-state index contributed by atoms with van der Waals surface area (Å²) >= 11 is 0. The molecular weight excluding hydrogens is 233 g/mol. The quantitative estimate of drug-likeness (QED) is 0.883. The van der Waals surface area contributed by atoms with Crippen LogP contribution in [0.3, 0.4) is 0 Å². The van der Waals surface area contributed by atoms with E-state index in [0.29, 0.717) is 13.0 Å². The minimum Gasteiger partial charge on any atom is -0.381 e. The van der Waals surface area contributed by atoms with Crippen LogP contribution in [0.4, 0.5) is 4.39 Å². The Morgan fingerprint density at radius 1 is 1.50 bits per heavy atom. The zero-order valence-electron chi connectivity index (χ0n) is 10.8. The van der Waals surface area contributed by atoms with E-state index < -0.39 is 5.67 Å². The second-order valence-electron chi connectivity index (χ2n) is 5.53. The van der Waals surface area contributed by atoms with Gasteiger partial charge in [0.2, 0.25) is 0 Å². The van der Waals surface area contributed by atoms with Gasteiger partial charge in [-0.3, -0.25) is 10.00 Å². The van der Waals surface area contributed by atoms with Gasteiger partial charge in [0.1, 0.15) is 5.67 Å². The van der Waals surface area contributed by atoms with Crippen molar-refractivity contribution in [2.24, 2.45) is 0 Å². The number of alkyl halides is 1. The average Bonchev–Trinajstić information content (AvgIpc) is 2.98. The van der Waals surface area contributed by atoms with Crippen LogP contribution in [0.1, 0.15) is 29.8 Å². The number of aryl methyl sites for hydroxylation is 1. The van der Waals surface area contributed by atoms with Crippen molar-refractivity contribution >= 4 is 0 Å². The SMILES string of the molecule is COCC1(F)CCN(Cc2n[nH]c3c2CCC3)C1. The zero-order chi connectivity index (χ0) is 12.6. The van der Waals surface area contributed by atoms with E-state index in [4.69, 9.17) is 4.74 Å². The maximum Gasteiger partial charge on any atom is 0.148 e. The van der Waals surface area contributed by atoms with E-state index in [2.05, 4.69) is 15.1 Å². The van der Waals surface area contributed by atoms with Gasteiger partial charge in [-0.25, -0.2) is 4.39 Å². The van der Waals surface area contributed by atoms with E-state index >= 15 is 0 Å². The predicted octanol–water partition coefficient (Wildman–Crippen LogP) is 1.46. The molecule has 1 N–H and O–H groups in total. The molecule has 1 fully saturated rings. The number of nitrogens with zero attached hydrogens (tertiary/aromatic N) is 2. The molecule has 1 aliphatic carbocycles. The third-order valence-electron chi connectivity index (χ3n) is 4.05. The first kappa shape index (κ1) is 12.1. The van der Waals surface area contributed by atoms with Crippen LogP contribution < -0.4 is 0 Å². The van der Waals surface area contributed by atoms with Crippen LogP contribution in [0.25, 0.3) is 0 Å². The number of H-pyrrole nitrogens is 1. The Labute approximate surface area is 107 Å². The lowest BCUT2D eigenvalue weighted by Crippen LogP contribution is -2.33. The van der Waals surface area contributed by atoms with Crippen molar-refractivity contribution in [3.05, 3.63) is 17.0 Å². The molecule has 1 atom stereocenters. The van der Waals surface area contributed by atoms with Gasteiger partial charge in [0, 0.05) is 32.4 Å². The molecule has 0 saturated carbocycles. The highest BCUT2D eigenvalue weighted by Gasteiger charge is 2.38. The Kier molecular flexibility index (Phi) is 3.11. The average molecular weight is 253 g/mol. The molecule has 1 aromatic rings. The zero-order valence-corrected chi connectivity index (χ0v) is 10.8. The molecule has 2 aliphatic rings. The lowest BCUT2D eigenvalue weighted by Gasteiger charge is -2.19. The maximum atomic E-state index is 14.3. The summed E-state index contributed by atoms with van der Waals surface area (Å²) in [6, 6.07) is 0. The fourth-order valence-corrected chi connectivity index (χ4v) is 3.16. The Hall–Kier alpha value is -0.940. The van der Waals surface area contributed by atoms with Gasteiger partial charge in [0.25, 0.3) is 0 Å². The number of aromatic amines is 1. The van der Waals surface area contributed by atoms with E-state index in [1.807, 2.05) is 0 Å². The van der Waals surface area contributed by atoms with E-state index in [0.717, 1.165) is 31.6 Å². The van der Waals surface area contributed by atoms with Gasteiger partial charge >= 0.3 is 0 Å². The Balaban J connectivity index is 1.64. The Morgan fingerprint density at radius 3 is 3.22 bits per heavy atom. The van der Waals surface area contributed by atoms with Crippen molar-refractivity contribution in [2.75, 3.05) is 26.8 Å². The van der Waals surface area contributed by atoms with Gasteiger partial charge in [-0.1, -0.05) is 0 Å². The van der Waals surface area contributed by atoms with Crippen molar-refractivity contribution in [1.82, 2.24) is 15.1 Å². The fourth-order valence-electron chi connectivity index (χ4n) is 3.16. The molecule has 2 heterocycles. The van der Waals surface area contributed by atoms with Crippen LogP contribution >= 0.6 is 0 Å². The number of hydrogen-bond acceptors (Lipinski definition) is 3. The number of methoxy groups -OCH3 is 1. The minimum atomic E-state index is -1.17. The molecule has 100 valence electrons. The van der Waals surface area contributed by atoms with Crippen LogP contribution in [0.15, 0.2) is 0 Å². The molecule has 4 nitrogen and oxygen atoms in total. The first-order valence-electron chi connectivity index (χ1n) is 6.65. The third kappa shape index (κ3) is 2.17. The Bertz CT molecular complexity index is 434. The molecule has 1 unspecified atom stereocenters. The second kappa shape index (κ2) is 4.63. The second-order valence-corrected chi connectivity index (χ2v) is 5.53. The summed E-state index contributed by atoms with van der Waals surface area (Å²) in [4.78, 5) is 2.15. The number of fused-ring (bicyclic) bond motifs is 1. The largest absolute Gasteiger partial charge is 0.381 e. The predicted molar refractivity (Wildman–Crippen MR) is 66.2 cm³/mol. The Morgan fingerprint density at radius 2 is 2.39 bits per heavy atom. The molecule has 3 rings (SSSR count). The van der Waals surface area contributed by atoms with E-state index in [9.17, 15) is 4.39 Å². The van der Waals surface area contributed by atoms with Gasteiger partial charge in [-0.2, -0.15) is 5.10 Å². The number of likely N-dealkylation sites (tertiary alicyclic amines) is 1. The van der Waals surface area contributed by atoms with Gasteiger partial charge < -0.3 is 4.74 Å². The van der Waals surface area contributed by atoms with Gasteiger partial charge in [-0.05, 0) is 31.2 Å². The minimum absolute atomic E-state index is 0.197. The first-order valence-corrected chi connectivity index (χ1v) is 6.65. The van der Waals surface area contributed by atoms with Crippen molar-refractivity contribution in [2.45, 2.75) is 37.9 Å². The van der Waals surface area contributed by atoms with Crippen LogP contribution in [0, 0.1) is 0 Å². The molecule has 0 aromatic carbocycles. The summed E-state index contributed by atoms with van der Waals surface area (Å²) < 4.78 is 19.2. The van der Waals surface area contributed by atoms with Crippen LogP contribution in [-0.4, -0.2) is 47.6 Å². The maximum absolute atomic E-state index is 14.3. The van der Waals surface area contributed by atoms with E-state index in [1.54, 1.807) is 7.11 Å². The summed E-state index contributed by atoms with van der Waals surface area (Å²) in [5, 5.41) is 7.49. The molecule has 0 bridgehead atoms. The highest BCUT2D eigenvalue weighted by Crippen LogP contribution is 2.29. The smallest absolute Gasteiger partial charge is 0.148 e. The van der Waals surface area contributed by atoms with Crippen molar-refractivity contribution in [3.63, 3.8) is 0 Å². The highest BCUT2D eigenvalue weighted by molar-refractivity contribution is 5.29. The molecule has 5 heteroatoms. The van der Waals surface area contributed by atoms with Gasteiger partial charge in [0.15, 0.2) is 0 Å². The number of aromatic nitrogens is 2. The van der Waals surface area contributed by atoms with Crippen molar-refractivity contribution in [1.29, 1.82) is 0 Å². The number of rotatable bonds is 4. The summed E-state index contributed by atoms with van der Waals surface area (Å²) in [5.41, 5.74) is 2.60. The lowest BCUT2D eigenvalue weighted by molar-refractivity contribution is 0.0466. The first-order chi connectivity index (χ1) is 8.70. The molecule has 0 spiro atoms. The van der Waals surface area contributed by atoms with Crippen LogP contribution in [-0.2, 0) is 24.1 Å². The van der Waals surface area contributed by atoms with Crippen molar-refractivity contribution < 1.29 is 9.13 Å². The molecule has 1 aliphatic heterocycles. The molecule has 1 aromatic heterocycles. The number of halogens is 1. The van der Waals surface area contributed by atoms with Gasteiger partial charge in [-0.15, -0.1) is 0 Å². The van der Waals surface area contributed by atoms with E-state index in [-0.39, 0.29) is 6.61 Å². The number of nitrogens with one attached hydrogen (secondary N) is 1. The standard InChI is InChI=1S/C13H20FN3O/c1-18-9-13(14)5-6-17(8-13)7-12-10-3-2-4-11(10)15-16-12/h2-9H2,1H3,(H,15,16). The molecular formula is C13H20FN3O.